The number of fused-ring (bicyclic) bond motifs is 2. The summed E-state index contributed by atoms with van der Waals surface area (Å²) in [6, 6.07) is 13.5. The Hall–Kier alpha value is -2.67. The van der Waals surface area contributed by atoms with E-state index in [-0.39, 0.29) is 18.0 Å². The maximum Gasteiger partial charge on any atom is 0.319 e. The molecule has 4 rings (SSSR count). The third kappa shape index (κ3) is 3.21. The fourth-order valence-corrected chi connectivity index (χ4v) is 5.61. The van der Waals surface area contributed by atoms with Crippen LogP contribution in [0.4, 0.5) is 10.5 Å². The molecule has 6 nitrogen and oxygen atoms in total. The highest BCUT2D eigenvalue weighted by molar-refractivity contribution is 8.01. The molecular formula is C23H27N3O3S. The van der Waals surface area contributed by atoms with Gasteiger partial charge in [-0.1, -0.05) is 24.3 Å². The van der Waals surface area contributed by atoms with E-state index in [1.54, 1.807) is 12.0 Å². The lowest BCUT2D eigenvalue weighted by atomic mass is 10.1. The summed E-state index contributed by atoms with van der Waals surface area (Å²) in [4.78, 5) is 29.4. The fourth-order valence-electron chi connectivity index (χ4n) is 4.16. The SMILES string of the molecule is COc1ccc2c(c1)[C@]1(SCCN1C(=O)NC(C)C)C(=O)N2Cc1ccccc1C. The van der Waals surface area contributed by atoms with Crippen LogP contribution in [-0.2, 0) is 16.2 Å². The number of amides is 3. The highest BCUT2D eigenvalue weighted by Gasteiger charge is 2.59. The molecule has 30 heavy (non-hydrogen) atoms. The standard InChI is InChI=1S/C23H27N3O3S/c1-15(2)24-22(28)26-11-12-30-23(26)19-13-18(29-4)9-10-20(19)25(21(23)27)14-17-8-6-5-7-16(17)3/h5-10,13,15H,11-12,14H2,1-4H3,(H,24,28)/t23-/m0/s1. The molecule has 1 N–H and O–H groups in total. The summed E-state index contributed by atoms with van der Waals surface area (Å²) in [5.74, 6) is 1.30. The highest BCUT2D eigenvalue weighted by atomic mass is 32.2. The first-order valence-corrected chi connectivity index (χ1v) is 11.1. The van der Waals surface area contributed by atoms with Crippen molar-refractivity contribution in [2.24, 2.45) is 0 Å². The van der Waals surface area contributed by atoms with Crippen molar-refractivity contribution in [1.29, 1.82) is 0 Å². The number of thioether (sulfide) groups is 1. The van der Waals surface area contributed by atoms with E-state index < -0.39 is 4.87 Å². The molecule has 0 saturated carbocycles. The second-order valence-electron chi connectivity index (χ2n) is 7.95. The van der Waals surface area contributed by atoms with Gasteiger partial charge in [-0.15, -0.1) is 11.8 Å². The quantitative estimate of drug-likeness (QED) is 0.808. The van der Waals surface area contributed by atoms with Gasteiger partial charge in [-0.05, 0) is 50.1 Å². The van der Waals surface area contributed by atoms with Gasteiger partial charge in [0.05, 0.1) is 19.3 Å². The minimum absolute atomic E-state index is 0.00972. The molecule has 0 aliphatic carbocycles. The van der Waals surface area contributed by atoms with Crippen molar-refractivity contribution in [3.63, 3.8) is 0 Å². The van der Waals surface area contributed by atoms with Crippen LogP contribution in [0.3, 0.4) is 0 Å². The van der Waals surface area contributed by atoms with E-state index in [0.717, 1.165) is 22.4 Å². The van der Waals surface area contributed by atoms with Gasteiger partial charge in [0.15, 0.2) is 4.87 Å². The average Bonchev–Trinajstić information content (AvgIpc) is 3.26. The van der Waals surface area contributed by atoms with E-state index in [1.165, 1.54) is 11.8 Å². The Morgan fingerprint density at radius 1 is 1.27 bits per heavy atom. The summed E-state index contributed by atoms with van der Waals surface area (Å²) in [6.07, 6.45) is 0. The smallest absolute Gasteiger partial charge is 0.319 e. The third-order valence-electron chi connectivity index (χ3n) is 5.65. The van der Waals surface area contributed by atoms with Crippen LogP contribution in [0.1, 0.15) is 30.5 Å². The summed E-state index contributed by atoms with van der Waals surface area (Å²) >= 11 is 1.52. The number of benzene rings is 2. The zero-order valence-electron chi connectivity index (χ0n) is 17.8. The Morgan fingerprint density at radius 3 is 2.73 bits per heavy atom. The Bertz CT molecular complexity index is 993. The number of urea groups is 1. The van der Waals surface area contributed by atoms with Crippen LogP contribution in [0.5, 0.6) is 5.75 Å². The molecule has 1 spiro atoms. The predicted molar refractivity (Wildman–Crippen MR) is 120 cm³/mol. The van der Waals surface area contributed by atoms with Gasteiger partial charge in [0.25, 0.3) is 5.91 Å². The lowest BCUT2D eigenvalue weighted by Gasteiger charge is -2.33. The third-order valence-corrected chi connectivity index (χ3v) is 7.07. The summed E-state index contributed by atoms with van der Waals surface area (Å²) in [5, 5.41) is 2.96. The number of ether oxygens (including phenoxy) is 1. The van der Waals surface area contributed by atoms with Crippen LogP contribution in [0, 0.1) is 6.92 Å². The van der Waals surface area contributed by atoms with Crippen molar-refractivity contribution < 1.29 is 14.3 Å². The van der Waals surface area contributed by atoms with Crippen LogP contribution < -0.4 is 15.0 Å². The topological polar surface area (TPSA) is 61.9 Å². The zero-order valence-corrected chi connectivity index (χ0v) is 18.6. The Morgan fingerprint density at radius 2 is 2.03 bits per heavy atom. The molecule has 1 saturated heterocycles. The molecule has 158 valence electrons. The first-order valence-electron chi connectivity index (χ1n) is 10.2. The molecule has 1 fully saturated rings. The summed E-state index contributed by atoms with van der Waals surface area (Å²) in [7, 11) is 1.61. The van der Waals surface area contributed by atoms with E-state index in [2.05, 4.69) is 5.32 Å². The second-order valence-corrected chi connectivity index (χ2v) is 9.24. The minimum Gasteiger partial charge on any atom is -0.497 e. The van der Waals surface area contributed by atoms with Crippen LogP contribution in [0.2, 0.25) is 0 Å². The van der Waals surface area contributed by atoms with E-state index in [1.807, 2.05) is 68.1 Å². The summed E-state index contributed by atoms with van der Waals surface area (Å²) < 4.78 is 5.45. The molecule has 2 aliphatic rings. The second kappa shape index (κ2) is 7.87. The molecule has 2 aromatic carbocycles. The van der Waals surface area contributed by atoms with Crippen molar-refractivity contribution in [3.8, 4) is 5.75 Å². The summed E-state index contributed by atoms with van der Waals surface area (Å²) in [6.45, 7) is 6.88. The number of anilines is 1. The molecule has 2 heterocycles. The van der Waals surface area contributed by atoms with Gasteiger partial charge in [-0.25, -0.2) is 4.79 Å². The molecule has 0 unspecified atom stereocenters. The van der Waals surface area contributed by atoms with E-state index in [9.17, 15) is 9.59 Å². The molecular weight excluding hydrogens is 398 g/mol. The lowest BCUT2D eigenvalue weighted by molar-refractivity contribution is -0.123. The molecule has 0 radical (unpaired) electrons. The average molecular weight is 426 g/mol. The van der Waals surface area contributed by atoms with E-state index in [0.29, 0.717) is 24.6 Å². The Labute approximate surface area is 181 Å². The Balaban J connectivity index is 1.81. The van der Waals surface area contributed by atoms with Gasteiger partial charge >= 0.3 is 6.03 Å². The lowest BCUT2D eigenvalue weighted by Crippen LogP contribution is -2.54. The zero-order chi connectivity index (χ0) is 21.5. The maximum atomic E-state index is 13.9. The van der Waals surface area contributed by atoms with Crippen LogP contribution >= 0.6 is 11.8 Å². The van der Waals surface area contributed by atoms with Crippen molar-refractivity contribution >= 4 is 29.4 Å². The monoisotopic (exact) mass is 425 g/mol. The number of carbonyl (C=O) groups excluding carboxylic acids is 2. The number of aryl methyl sites for hydroxylation is 1. The largest absolute Gasteiger partial charge is 0.497 e. The molecule has 7 heteroatoms. The number of hydrogen-bond donors (Lipinski definition) is 1. The highest BCUT2D eigenvalue weighted by Crippen LogP contribution is 2.55. The van der Waals surface area contributed by atoms with Crippen LogP contribution in [-0.4, -0.2) is 42.3 Å². The minimum atomic E-state index is -1.06. The predicted octanol–water partition coefficient (Wildman–Crippen LogP) is 3.87. The fraction of sp³-hybridized carbons (Fsp3) is 0.391. The van der Waals surface area contributed by atoms with E-state index >= 15 is 0 Å². The van der Waals surface area contributed by atoms with Crippen molar-refractivity contribution in [3.05, 3.63) is 59.2 Å². The van der Waals surface area contributed by atoms with Gasteiger partial charge < -0.3 is 15.0 Å². The molecule has 1 atom stereocenters. The van der Waals surface area contributed by atoms with Crippen molar-refractivity contribution in [1.82, 2.24) is 10.2 Å². The van der Waals surface area contributed by atoms with Crippen LogP contribution in [0.15, 0.2) is 42.5 Å². The van der Waals surface area contributed by atoms with Gasteiger partial charge in [0.2, 0.25) is 0 Å². The molecule has 3 amide bonds. The number of carbonyl (C=O) groups is 2. The van der Waals surface area contributed by atoms with E-state index in [4.69, 9.17) is 4.74 Å². The molecule has 2 aliphatic heterocycles. The maximum absolute atomic E-state index is 13.9. The molecule has 0 bridgehead atoms. The molecule has 0 aromatic heterocycles. The van der Waals surface area contributed by atoms with Gasteiger partial charge in [-0.2, -0.15) is 0 Å². The summed E-state index contributed by atoms with van der Waals surface area (Å²) in [5.41, 5.74) is 3.88. The number of nitrogens with one attached hydrogen (secondary N) is 1. The normalized spacial score (nSPS) is 20.2. The van der Waals surface area contributed by atoms with Crippen molar-refractivity contribution in [2.45, 2.75) is 38.2 Å². The van der Waals surface area contributed by atoms with Crippen LogP contribution in [0.25, 0.3) is 0 Å². The first kappa shape index (κ1) is 20.6. The van der Waals surface area contributed by atoms with Crippen molar-refractivity contribution in [2.75, 3.05) is 24.3 Å². The number of methoxy groups -OCH3 is 1. The number of nitrogens with zero attached hydrogens (tertiary/aromatic N) is 2. The Kier molecular flexibility index (Phi) is 5.40. The van der Waals surface area contributed by atoms with Gasteiger partial charge in [-0.3, -0.25) is 9.69 Å². The van der Waals surface area contributed by atoms with Gasteiger partial charge in [0.1, 0.15) is 5.75 Å². The van der Waals surface area contributed by atoms with Gasteiger partial charge in [0, 0.05) is 23.9 Å². The molecule has 2 aromatic rings. The number of hydrogen-bond acceptors (Lipinski definition) is 4. The number of rotatable bonds is 4. The first-order chi connectivity index (χ1) is 14.4.